The molecule has 1 heterocycles. The predicted molar refractivity (Wildman–Crippen MR) is 67.2 cm³/mol. The summed E-state index contributed by atoms with van der Waals surface area (Å²) in [7, 11) is 0. The van der Waals surface area contributed by atoms with Crippen LogP contribution in [0.4, 0.5) is 0 Å². The van der Waals surface area contributed by atoms with Crippen LogP contribution in [0.25, 0.3) is 0 Å². The molecule has 1 aromatic rings. The van der Waals surface area contributed by atoms with Crippen LogP contribution in [0.3, 0.4) is 0 Å². The maximum atomic E-state index is 6.24. The Morgan fingerprint density at radius 2 is 1.88 bits per heavy atom. The summed E-state index contributed by atoms with van der Waals surface area (Å²) in [6.45, 7) is 10.6. The van der Waals surface area contributed by atoms with Gasteiger partial charge < -0.3 is 10.1 Å². The lowest BCUT2D eigenvalue weighted by atomic mass is 10.0. The summed E-state index contributed by atoms with van der Waals surface area (Å²) in [5.74, 6) is 1.08. The van der Waals surface area contributed by atoms with Gasteiger partial charge in [0.05, 0.1) is 0 Å². The Hall–Kier alpha value is -1.02. The highest BCUT2D eigenvalue weighted by atomic mass is 16.5. The summed E-state index contributed by atoms with van der Waals surface area (Å²) in [5, 5.41) is 3.36. The number of nitrogens with one attached hydrogen (secondary N) is 1. The SMILES string of the molecule is Cc1ccc(C)c(OC2(C)CCNC2)c1C. The van der Waals surface area contributed by atoms with E-state index in [1.165, 1.54) is 16.7 Å². The van der Waals surface area contributed by atoms with Crippen LogP contribution in [-0.4, -0.2) is 18.7 Å². The fourth-order valence-electron chi connectivity index (χ4n) is 2.21. The maximum Gasteiger partial charge on any atom is 0.126 e. The molecular weight excluding hydrogens is 198 g/mol. The fourth-order valence-corrected chi connectivity index (χ4v) is 2.21. The highest BCUT2D eigenvalue weighted by Gasteiger charge is 2.31. The first-order valence-electron chi connectivity index (χ1n) is 5.98. The average Bonchev–Trinajstić information content (AvgIpc) is 2.66. The van der Waals surface area contributed by atoms with Crippen molar-refractivity contribution in [2.24, 2.45) is 0 Å². The van der Waals surface area contributed by atoms with E-state index in [0.29, 0.717) is 0 Å². The van der Waals surface area contributed by atoms with E-state index in [2.05, 4.69) is 45.1 Å². The number of ether oxygens (including phenoxy) is 1. The molecule has 1 aliphatic heterocycles. The lowest BCUT2D eigenvalue weighted by Crippen LogP contribution is -2.35. The molecule has 2 nitrogen and oxygen atoms in total. The second-order valence-corrected chi connectivity index (χ2v) is 5.13. The lowest BCUT2D eigenvalue weighted by Gasteiger charge is -2.27. The van der Waals surface area contributed by atoms with Gasteiger partial charge in [-0.05, 0) is 50.9 Å². The van der Waals surface area contributed by atoms with E-state index in [1.54, 1.807) is 0 Å². The Kier molecular flexibility index (Phi) is 2.94. The minimum Gasteiger partial charge on any atom is -0.486 e. The molecule has 1 aliphatic rings. The molecule has 1 fully saturated rings. The Labute approximate surface area is 98.0 Å². The summed E-state index contributed by atoms with van der Waals surface area (Å²) in [6, 6.07) is 4.30. The lowest BCUT2D eigenvalue weighted by molar-refractivity contribution is 0.109. The molecular formula is C14H21NO. The third kappa shape index (κ3) is 2.07. The van der Waals surface area contributed by atoms with Gasteiger partial charge in [-0.15, -0.1) is 0 Å². The molecule has 0 aromatic heterocycles. The zero-order chi connectivity index (χ0) is 11.8. The molecule has 2 rings (SSSR count). The Morgan fingerprint density at radius 3 is 2.50 bits per heavy atom. The smallest absolute Gasteiger partial charge is 0.126 e. The van der Waals surface area contributed by atoms with Gasteiger partial charge >= 0.3 is 0 Å². The molecule has 1 unspecified atom stereocenters. The molecule has 1 aromatic carbocycles. The first-order chi connectivity index (χ1) is 7.52. The highest BCUT2D eigenvalue weighted by molar-refractivity contribution is 5.45. The Bertz CT molecular complexity index is 392. The van der Waals surface area contributed by atoms with Gasteiger partial charge in [0.15, 0.2) is 0 Å². The first-order valence-corrected chi connectivity index (χ1v) is 5.98. The Balaban J connectivity index is 2.30. The van der Waals surface area contributed by atoms with Crippen LogP contribution < -0.4 is 10.1 Å². The van der Waals surface area contributed by atoms with Crippen LogP contribution in [0, 0.1) is 20.8 Å². The molecule has 1 N–H and O–H groups in total. The van der Waals surface area contributed by atoms with Crippen LogP contribution in [0.15, 0.2) is 12.1 Å². The number of hydrogen-bond acceptors (Lipinski definition) is 2. The van der Waals surface area contributed by atoms with Crippen molar-refractivity contribution in [2.75, 3.05) is 13.1 Å². The Morgan fingerprint density at radius 1 is 1.19 bits per heavy atom. The van der Waals surface area contributed by atoms with E-state index in [0.717, 1.165) is 25.3 Å². The van der Waals surface area contributed by atoms with Crippen molar-refractivity contribution in [1.29, 1.82) is 0 Å². The molecule has 0 amide bonds. The van der Waals surface area contributed by atoms with Gasteiger partial charge in [0.2, 0.25) is 0 Å². The summed E-state index contributed by atoms with van der Waals surface area (Å²) in [5.41, 5.74) is 3.77. The van der Waals surface area contributed by atoms with Gasteiger partial charge in [0, 0.05) is 13.0 Å². The molecule has 1 atom stereocenters. The largest absolute Gasteiger partial charge is 0.486 e. The van der Waals surface area contributed by atoms with E-state index in [-0.39, 0.29) is 5.60 Å². The van der Waals surface area contributed by atoms with E-state index < -0.39 is 0 Å². The van der Waals surface area contributed by atoms with Crippen molar-refractivity contribution >= 4 is 0 Å². The molecule has 2 heteroatoms. The number of aryl methyl sites for hydroxylation is 2. The monoisotopic (exact) mass is 219 g/mol. The normalized spacial score (nSPS) is 24.8. The van der Waals surface area contributed by atoms with Crippen molar-refractivity contribution in [1.82, 2.24) is 5.32 Å². The minimum atomic E-state index is -0.0384. The van der Waals surface area contributed by atoms with E-state index in [1.807, 2.05) is 0 Å². The molecule has 1 saturated heterocycles. The topological polar surface area (TPSA) is 21.3 Å². The second kappa shape index (κ2) is 4.10. The molecule has 0 radical (unpaired) electrons. The predicted octanol–water partition coefficient (Wildman–Crippen LogP) is 2.74. The molecule has 0 spiro atoms. The van der Waals surface area contributed by atoms with Gasteiger partial charge in [-0.2, -0.15) is 0 Å². The van der Waals surface area contributed by atoms with Crippen LogP contribution in [0.1, 0.15) is 30.0 Å². The minimum absolute atomic E-state index is 0.0384. The zero-order valence-corrected chi connectivity index (χ0v) is 10.7. The van der Waals surface area contributed by atoms with E-state index in [4.69, 9.17) is 4.74 Å². The van der Waals surface area contributed by atoms with Crippen LogP contribution in [-0.2, 0) is 0 Å². The molecule has 88 valence electrons. The maximum absolute atomic E-state index is 6.24. The number of benzene rings is 1. The van der Waals surface area contributed by atoms with Crippen molar-refractivity contribution in [2.45, 2.75) is 39.7 Å². The summed E-state index contributed by atoms with van der Waals surface area (Å²) in [4.78, 5) is 0. The molecule has 0 bridgehead atoms. The summed E-state index contributed by atoms with van der Waals surface area (Å²) >= 11 is 0. The van der Waals surface area contributed by atoms with E-state index in [9.17, 15) is 0 Å². The number of hydrogen-bond donors (Lipinski definition) is 1. The first kappa shape index (κ1) is 11.5. The van der Waals surface area contributed by atoms with Gasteiger partial charge in [-0.25, -0.2) is 0 Å². The van der Waals surface area contributed by atoms with Gasteiger partial charge in [0.1, 0.15) is 11.4 Å². The van der Waals surface area contributed by atoms with Gasteiger partial charge in [-0.3, -0.25) is 0 Å². The molecule has 0 saturated carbocycles. The van der Waals surface area contributed by atoms with Gasteiger partial charge in [-0.1, -0.05) is 12.1 Å². The molecule has 0 aliphatic carbocycles. The third-order valence-corrected chi connectivity index (χ3v) is 3.55. The van der Waals surface area contributed by atoms with Crippen molar-refractivity contribution in [3.63, 3.8) is 0 Å². The summed E-state index contributed by atoms with van der Waals surface area (Å²) in [6.07, 6.45) is 1.08. The van der Waals surface area contributed by atoms with Crippen LogP contribution in [0.2, 0.25) is 0 Å². The third-order valence-electron chi connectivity index (χ3n) is 3.55. The van der Waals surface area contributed by atoms with Gasteiger partial charge in [0.25, 0.3) is 0 Å². The standard InChI is InChI=1S/C14H21NO/c1-10-5-6-11(2)13(12(10)3)16-14(4)7-8-15-9-14/h5-6,15H,7-9H2,1-4H3. The number of rotatable bonds is 2. The molecule has 16 heavy (non-hydrogen) atoms. The van der Waals surface area contributed by atoms with Crippen molar-refractivity contribution < 1.29 is 4.74 Å². The zero-order valence-electron chi connectivity index (χ0n) is 10.7. The van der Waals surface area contributed by atoms with Crippen LogP contribution >= 0.6 is 0 Å². The van der Waals surface area contributed by atoms with E-state index >= 15 is 0 Å². The second-order valence-electron chi connectivity index (χ2n) is 5.13. The quantitative estimate of drug-likeness (QED) is 0.826. The van der Waals surface area contributed by atoms with Crippen molar-refractivity contribution in [3.05, 3.63) is 28.8 Å². The van der Waals surface area contributed by atoms with Crippen molar-refractivity contribution in [3.8, 4) is 5.75 Å². The van der Waals surface area contributed by atoms with Crippen LogP contribution in [0.5, 0.6) is 5.75 Å². The average molecular weight is 219 g/mol. The highest BCUT2D eigenvalue weighted by Crippen LogP contribution is 2.31. The summed E-state index contributed by atoms with van der Waals surface area (Å²) < 4.78 is 6.24. The fraction of sp³-hybridized carbons (Fsp3) is 0.571.